The molecule has 2 N–H and O–H groups in total. The molecule has 0 aliphatic carbocycles. The Labute approximate surface area is 160 Å². The van der Waals surface area contributed by atoms with Gasteiger partial charge in [0.25, 0.3) is 0 Å². The minimum absolute atomic E-state index is 0.0624. The highest BCUT2D eigenvalue weighted by Gasteiger charge is 2.37. The summed E-state index contributed by atoms with van der Waals surface area (Å²) in [7, 11) is 0. The summed E-state index contributed by atoms with van der Waals surface area (Å²) in [6, 6.07) is 6.19. The van der Waals surface area contributed by atoms with E-state index in [0.29, 0.717) is 25.8 Å². The Balaban J connectivity index is 2.24. The number of amides is 2. The summed E-state index contributed by atoms with van der Waals surface area (Å²) in [4.78, 5) is 38.9. The van der Waals surface area contributed by atoms with E-state index in [1.54, 1.807) is 4.90 Å². The quantitative estimate of drug-likeness (QED) is 0.732. The molecule has 1 heterocycles. The molecule has 6 heteroatoms. The Morgan fingerprint density at radius 3 is 2.48 bits per heavy atom. The van der Waals surface area contributed by atoms with Crippen LogP contribution in [0.1, 0.15) is 57.6 Å². The van der Waals surface area contributed by atoms with Crippen molar-refractivity contribution in [3.63, 3.8) is 0 Å². The first kappa shape index (κ1) is 20.9. The van der Waals surface area contributed by atoms with Crippen LogP contribution < -0.4 is 5.32 Å². The molecular formula is C21H30N2O4. The molecule has 0 bridgehead atoms. The molecule has 0 spiro atoms. The Bertz CT molecular complexity index is 689. The fourth-order valence-corrected chi connectivity index (χ4v) is 3.38. The topological polar surface area (TPSA) is 86.7 Å². The van der Waals surface area contributed by atoms with Gasteiger partial charge < -0.3 is 15.3 Å². The minimum atomic E-state index is -1.03. The number of carbonyl (C=O) groups is 3. The summed E-state index contributed by atoms with van der Waals surface area (Å²) in [6.45, 7) is 6.16. The zero-order valence-electron chi connectivity index (χ0n) is 16.4. The van der Waals surface area contributed by atoms with Gasteiger partial charge in [0.2, 0.25) is 11.8 Å². The average molecular weight is 374 g/mol. The van der Waals surface area contributed by atoms with Gasteiger partial charge in [-0.05, 0) is 24.0 Å². The van der Waals surface area contributed by atoms with Crippen molar-refractivity contribution in [2.75, 3.05) is 0 Å². The number of carboxylic acids is 1. The van der Waals surface area contributed by atoms with E-state index in [9.17, 15) is 19.5 Å². The first-order valence-electron chi connectivity index (χ1n) is 9.79. The predicted molar refractivity (Wildman–Crippen MR) is 103 cm³/mol. The fourth-order valence-electron chi connectivity index (χ4n) is 3.38. The number of nitrogens with one attached hydrogen (secondary N) is 1. The molecule has 0 fully saturated rings. The monoisotopic (exact) mass is 374 g/mol. The second-order valence-electron chi connectivity index (χ2n) is 7.31. The molecule has 2 unspecified atom stereocenters. The number of nitrogens with zero attached hydrogens (tertiary/aromatic N) is 1. The minimum Gasteiger partial charge on any atom is -0.480 e. The molecule has 27 heavy (non-hydrogen) atoms. The van der Waals surface area contributed by atoms with Crippen LogP contribution in [-0.2, 0) is 27.3 Å². The van der Waals surface area contributed by atoms with Crippen LogP contribution in [0.4, 0.5) is 0 Å². The van der Waals surface area contributed by atoms with Crippen LogP contribution in [-0.4, -0.2) is 39.9 Å². The molecule has 2 amide bonds. The number of aliphatic carboxylic acids is 1. The van der Waals surface area contributed by atoms with E-state index < -0.39 is 18.1 Å². The van der Waals surface area contributed by atoms with Gasteiger partial charge in [-0.1, -0.05) is 57.9 Å². The van der Waals surface area contributed by atoms with Crippen molar-refractivity contribution in [2.24, 2.45) is 5.92 Å². The van der Waals surface area contributed by atoms with Gasteiger partial charge in [0.1, 0.15) is 12.1 Å². The number of carboxylic acid groups (broad SMARTS) is 1. The molecule has 0 radical (unpaired) electrons. The highest BCUT2D eigenvalue weighted by atomic mass is 16.4. The van der Waals surface area contributed by atoms with Crippen LogP contribution in [0.3, 0.4) is 0 Å². The Kier molecular flexibility index (Phi) is 7.39. The first-order chi connectivity index (χ1) is 12.9. The highest BCUT2D eigenvalue weighted by Crippen LogP contribution is 2.25. The van der Waals surface area contributed by atoms with Gasteiger partial charge >= 0.3 is 5.97 Å². The summed E-state index contributed by atoms with van der Waals surface area (Å²) >= 11 is 0. The van der Waals surface area contributed by atoms with Crippen molar-refractivity contribution in [1.29, 1.82) is 0 Å². The van der Waals surface area contributed by atoms with E-state index in [4.69, 9.17) is 0 Å². The van der Waals surface area contributed by atoms with E-state index >= 15 is 0 Å². The molecular weight excluding hydrogens is 344 g/mol. The number of hydrogen-bond donors (Lipinski definition) is 2. The summed E-state index contributed by atoms with van der Waals surface area (Å²) < 4.78 is 0. The average Bonchev–Trinajstić information content (AvgIpc) is 2.68. The van der Waals surface area contributed by atoms with Crippen molar-refractivity contribution in [1.82, 2.24) is 10.2 Å². The molecule has 3 atom stereocenters. The maximum atomic E-state index is 12.9. The maximum Gasteiger partial charge on any atom is 0.326 e. The van der Waals surface area contributed by atoms with Crippen LogP contribution >= 0.6 is 0 Å². The van der Waals surface area contributed by atoms with E-state index in [2.05, 4.69) is 5.32 Å². The van der Waals surface area contributed by atoms with Gasteiger partial charge in [0.15, 0.2) is 0 Å². The lowest BCUT2D eigenvalue weighted by Crippen LogP contribution is -2.56. The van der Waals surface area contributed by atoms with Crippen LogP contribution in [0.2, 0.25) is 0 Å². The molecule has 0 saturated heterocycles. The van der Waals surface area contributed by atoms with Gasteiger partial charge in [-0.3, -0.25) is 9.59 Å². The van der Waals surface area contributed by atoms with Crippen molar-refractivity contribution >= 4 is 17.8 Å². The summed E-state index contributed by atoms with van der Waals surface area (Å²) in [5.41, 5.74) is 2.07. The second kappa shape index (κ2) is 9.53. The van der Waals surface area contributed by atoms with Crippen LogP contribution in [0.5, 0.6) is 0 Å². The lowest BCUT2D eigenvalue weighted by atomic mass is 9.91. The number of rotatable bonds is 8. The van der Waals surface area contributed by atoms with E-state index in [1.807, 2.05) is 45.0 Å². The molecule has 1 aromatic carbocycles. The largest absolute Gasteiger partial charge is 0.480 e. The normalized spacial score (nSPS) is 18.3. The number of hydrogen-bond acceptors (Lipinski definition) is 3. The molecule has 0 saturated carbocycles. The Morgan fingerprint density at radius 2 is 1.89 bits per heavy atom. The summed E-state index contributed by atoms with van der Waals surface area (Å²) in [5, 5.41) is 12.1. The molecule has 1 aliphatic heterocycles. The third kappa shape index (κ3) is 5.08. The molecule has 1 aromatic rings. The van der Waals surface area contributed by atoms with Crippen molar-refractivity contribution < 1.29 is 19.5 Å². The number of carbonyl (C=O) groups excluding carboxylic acids is 2. The smallest absolute Gasteiger partial charge is 0.326 e. The van der Waals surface area contributed by atoms with E-state index in [-0.39, 0.29) is 17.7 Å². The zero-order chi connectivity index (χ0) is 20.0. The Morgan fingerprint density at radius 1 is 1.22 bits per heavy atom. The summed E-state index contributed by atoms with van der Waals surface area (Å²) in [5.74, 6) is -1.66. The second-order valence-corrected chi connectivity index (χ2v) is 7.31. The molecule has 0 aromatic heterocycles. The first-order valence-corrected chi connectivity index (χ1v) is 9.79. The Hall–Kier alpha value is -2.37. The van der Waals surface area contributed by atoms with Crippen molar-refractivity contribution in [3.8, 4) is 0 Å². The van der Waals surface area contributed by atoms with E-state index in [1.165, 1.54) is 0 Å². The van der Waals surface area contributed by atoms with Crippen LogP contribution in [0.25, 0.3) is 0 Å². The van der Waals surface area contributed by atoms with Gasteiger partial charge in [-0.15, -0.1) is 0 Å². The predicted octanol–water partition coefficient (Wildman–Crippen LogP) is 2.75. The molecule has 148 valence electrons. The number of benzene rings is 1. The third-order valence-corrected chi connectivity index (χ3v) is 5.33. The van der Waals surface area contributed by atoms with Crippen LogP contribution in [0.15, 0.2) is 24.3 Å². The van der Waals surface area contributed by atoms with E-state index in [0.717, 1.165) is 24.0 Å². The number of fused-ring (bicyclic) bond motifs is 1. The fraction of sp³-hybridized carbons (Fsp3) is 0.571. The molecule has 2 rings (SSSR count). The highest BCUT2D eigenvalue weighted by molar-refractivity contribution is 5.91. The standard InChI is InChI=1S/C21H30N2O4/c1-4-6-11-17(21(26)27)22-19(24)18-12-15-9-7-8-10-16(15)13-23(18)20(25)14(3)5-2/h7-10,14,17-18H,4-6,11-13H2,1-3H3,(H,22,24)(H,26,27)/t14?,17-,18?/m0/s1. The summed E-state index contributed by atoms with van der Waals surface area (Å²) in [6.07, 6.45) is 3.07. The van der Waals surface area contributed by atoms with Crippen molar-refractivity contribution in [2.45, 2.75) is 71.5 Å². The zero-order valence-corrected chi connectivity index (χ0v) is 16.4. The van der Waals surface area contributed by atoms with Gasteiger partial charge in [0.05, 0.1) is 0 Å². The van der Waals surface area contributed by atoms with Crippen molar-refractivity contribution in [3.05, 3.63) is 35.4 Å². The maximum absolute atomic E-state index is 12.9. The lowest BCUT2D eigenvalue weighted by molar-refractivity contribution is -0.147. The third-order valence-electron chi connectivity index (χ3n) is 5.33. The van der Waals surface area contributed by atoms with Gasteiger partial charge in [0, 0.05) is 18.9 Å². The number of unbranched alkanes of at least 4 members (excludes halogenated alkanes) is 1. The molecule has 6 nitrogen and oxygen atoms in total. The van der Waals surface area contributed by atoms with Crippen LogP contribution in [0, 0.1) is 5.92 Å². The van der Waals surface area contributed by atoms with Gasteiger partial charge in [-0.2, -0.15) is 0 Å². The van der Waals surface area contributed by atoms with Gasteiger partial charge in [-0.25, -0.2) is 4.79 Å². The lowest BCUT2D eigenvalue weighted by Gasteiger charge is -2.37. The SMILES string of the molecule is CCCC[C@H](NC(=O)C1Cc2ccccc2CN1C(=O)C(C)CC)C(=O)O. The molecule has 1 aliphatic rings.